The Morgan fingerprint density at radius 1 is 1.15 bits per heavy atom. The first-order valence-corrected chi connectivity index (χ1v) is 9.45. The second-order valence-electron chi connectivity index (χ2n) is 7.47. The van der Waals surface area contributed by atoms with E-state index in [0.717, 1.165) is 40.7 Å². The van der Waals surface area contributed by atoms with Crippen molar-refractivity contribution >= 4 is 16.9 Å². The second-order valence-corrected chi connectivity index (χ2v) is 7.47. The number of nitrogens with zero attached hydrogens (tertiary/aromatic N) is 1. The summed E-state index contributed by atoms with van der Waals surface area (Å²) in [6, 6.07) is 12.5. The topological polar surface area (TPSA) is 42.7 Å². The van der Waals surface area contributed by atoms with Gasteiger partial charge in [0.25, 0.3) is 0 Å². The van der Waals surface area contributed by atoms with Gasteiger partial charge in [0, 0.05) is 23.5 Å². The average molecular weight is 363 g/mol. The number of hydrogen-bond donors (Lipinski definition) is 0. The molecule has 4 rings (SSSR count). The maximum atomic E-state index is 13.1. The fraction of sp³-hybridized carbons (Fsp3) is 0.348. The maximum Gasteiger partial charge on any atom is 0.227 e. The number of carbonyl (C=O) groups is 1. The predicted molar refractivity (Wildman–Crippen MR) is 106 cm³/mol. The van der Waals surface area contributed by atoms with Crippen molar-refractivity contribution in [3.8, 4) is 5.75 Å². The van der Waals surface area contributed by atoms with Gasteiger partial charge in [-0.15, -0.1) is 0 Å². The van der Waals surface area contributed by atoms with Crippen molar-refractivity contribution in [2.45, 2.75) is 45.7 Å². The number of benzene rings is 2. The molecule has 2 aromatic carbocycles. The maximum absolute atomic E-state index is 13.1. The van der Waals surface area contributed by atoms with E-state index in [2.05, 4.69) is 26.0 Å². The number of furan rings is 1. The van der Waals surface area contributed by atoms with Crippen molar-refractivity contribution in [2.24, 2.45) is 0 Å². The van der Waals surface area contributed by atoms with Crippen LogP contribution in [-0.4, -0.2) is 24.0 Å². The molecule has 140 valence electrons. The molecule has 1 aromatic heterocycles. The van der Waals surface area contributed by atoms with Crippen molar-refractivity contribution < 1.29 is 13.9 Å². The van der Waals surface area contributed by atoms with Crippen molar-refractivity contribution in [1.29, 1.82) is 0 Å². The molecule has 0 unspecified atom stereocenters. The third-order valence-electron chi connectivity index (χ3n) is 5.43. The minimum absolute atomic E-state index is 0.161. The number of hydrogen-bond acceptors (Lipinski definition) is 3. The number of carbonyl (C=O) groups excluding carboxylic acids is 1. The monoisotopic (exact) mass is 363 g/mol. The van der Waals surface area contributed by atoms with Crippen LogP contribution in [0.1, 0.15) is 35.1 Å². The van der Waals surface area contributed by atoms with Crippen LogP contribution in [0.5, 0.6) is 5.75 Å². The zero-order valence-corrected chi connectivity index (χ0v) is 16.1. The third kappa shape index (κ3) is 3.70. The van der Waals surface area contributed by atoms with E-state index in [9.17, 15) is 4.79 Å². The van der Waals surface area contributed by atoms with E-state index < -0.39 is 0 Å². The summed E-state index contributed by atoms with van der Waals surface area (Å²) in [4.78, 5) is 15.1. The van der Waals surface area contributed by atoms with Gasteiger partial charge in [-0.05, 0) is 67.6 Å². The number of fused-ring (bicyclic) bond motifs is 1. The molecule has 1 saturated carbocycles. The number of aryl methyl sites for hydroxylation is 2. The number of amides is 1. The summed E-state index contributed by atoms with van der Waals surface area (Å²) in [7, 11) is 1.66. The largest absolute Gasteiger partial charge is 0.497 e. The molecule has 27 heavy (non-hydrogen) atoms. The Balaban J connectivity index is 1.53. The second kappa shape index (κ2) is 7.10. The zero-order chi connectivity index (χ0) is 19.0. The lowest BCUT2D eigenvalue weighted by Gasteiger charge is -2.22. The van der Waals surface area contributed by atoms with E-state index in [0.29, 0.717) is 19.0 Å². The Morgan fingerprint density at radius 3 is 2.52 bits per heavy atom. The Kier molecular flexibility index (Phi) is 4.65. The fourth-order valence-electron chi connectivity index (χ4n) is 3.47. The molecule has 1 aliphatic rings. The van der Waals surface area contributed by atoms with Crippen molar-refractivity contribution in [3.63, 3.8) is 0 Å². The first kappa shape index (κ1) is 17.7. The van der Waals surface area contributed by atoms with Crippen LogP contribution < -0.4 is 4.74 Å². The molecule has 1 heterocycles. The zero-order valence-electron chi connectivity index (χ0n) is 16.1. The Morgan fingerprint density at radius 2 is 1.85 bits per heavy atom. The van der Waals surface area contributed by atoms with Crippen LogP contribution in [0, 0.1) is 13.8 Å². The summed E-state index contributed by atoms with van der Waals surface area (Å²) >= 11 is 0. The van der Waals surface area contributed by atoms with Crippen molar-refractivity contribution in [1.82, 2.24) is 4.90 Å². The van der Waals surface area contributed by atoms with Crippen molar-refractivity contribution in [3.05, 3.63) is 64.9 Å². The molecule has 0 bridgehead atoms. The van der Waals surface area contributed by atoms with Gasteiger partial charge in [-0.1, -0.05) is 12.1 Å². The van der Waals surface area contributed by atoms with Gasteiger partial charge < -0.3 is 14.1 Å². The van der Waals surface area contributed by atoms with Crippen LogP contribution in [0.15, 0.2) is 47.1 Å². The van der Waals surface area contributed by atoms with Gasteiger partial charge >= 0.3 is 0 Å². The molecule has 0 N–H and O–H groups in total. The molecule has 0 spiro atoms. The standard InChI is InChI=1S/C23H25NO3/c1-15-10-21-18(14-27-22(21)11-16(15)2)12-23(25)24(19-6-7-19)13-17-4-8-20(26-3)9-5-17/h4-5,8-11,14,19H,6-7,12-13H2,1-3H3. The number of ether oxygens (including phenoxy) is 1. The molecule has 0 radical (unpaired) electrons. The van der Waals surface area contributed by atoms with Gasteiger partial charge in [0.2, 0.25) is 5.91 Å². The molecule has 0 aliphatic heterocycles. The van der Waals surface area contributed by atoms with E-state index in [1.165, 1.54) is 11.1 Å². The van der Waals surface area contributed by atoms with E-state index in [1.807, 2.05) is 29.2 Å². The molecule has 0 atom stereocenters. The molecular weight excluding hydrogens is 338 g/mol. The highest BCUT2D eigenvalue weighted by molar-refractivity contribution is 5.88. The minimum atomic E-state index is 0.161. The summed E-state index contributed by atoms with van der Waals surface area (Å²) < 4.78 is 10.9. The summed E-state index contributed by atoms with van der Waals surface area (Å²) in [5.74, 6) is 0.993. The predicted octanol–water partition coefficient (Wildman–Crippen LogP) is 4.79. The highest BCUT2D eigenvalue weighted by Crippen LogP contribution is 2.31. The summed E-state index contributed by atoms with van der Waals surface area (Å²) in [5.41, 5.74) is 5.37. The van der Waals surface area contributed by atoms with Crippen LogP contribution in [0.2, 0.25) is 0 Å². The molecule has 3 aromatic rings. The molecule has 1 amide bonds. The van der Waals surface area contributed by atoms with Crippen LogP contribution in [0.25, 0.3) is 11.0 Å². The smallest absolute Gasteiger partial charge is 0.227 e. The van der Waals surface area contributed by atoms with Gasteiger partial charge in [0.15, 0.2) is 0 Å². The summed E-state index contributed by atoms with van der Waals surface area (Å²) in [5, 5.41) is 1.05. The lowest BCUT2D eigenvalue weighted by Crippen LogP contribution is -2.33. The Hall–Kier alpha value is -2.75. The van der Waals surface area contributed by atoms with Gasteiger partial charge in [0.1, 0.15) is 11.3 Å². The van der Waals surface area contributed by atoms with Crippen LogP contribution in [0.3, 0.4) is 0 Å². The highest BCUT2D eigenvalue weighted by Gasteiger charge is 2.32. The molecule has 4 nitrogen and oxygen atoms in total. The number of methoxy groups -OCH3 is 1. The van der Waals surface area contributed by atoms with Gasteiger partial charge in [-0.25, -0.2) is 0 Å². The van der Waals surface area contributed by atoms with E-state index >= 15 is 0 Å². The highest BCUT2D eigenvalue weighted by atomic mass is 16.5. The van der Waals surface area contributed by atoms with Crippen LogP contribution >= 0.6 is 0 Å². The molecular formula is C23H25NO3. The SMILES string of the molecule is COc1ccc(CN(C(=O)Cc2coc3cc(C)c(C)cc23)C2CC2)cc1. The lowest BCUT2D eigenvalue weighted by molar-refractivity contribution is -0.131. The normalized spacial score (nSPS) is 13.7. The summed E-state index contributed by atoms with van der Waals surface area (Å²) in [6.07, 6.45) is 4.29. The molecule has 1 aliphatic carbocycles. The average Bonchev–Trinajstić information content (AvgIpc) is 3.44. The van der Waals surface area contributed by atoms with E-state index in [-0.39, 0.29) is 5.91 Å². The Bertz CT molecular complexity index is 967. The molecule has 4 heteroatoms. The molecule has 0 saturated heterocycles. The van der Waals surface area contributed by atoms with Crippen molar-refractivity contribution in [2.75, 3.05) is 7.11 Å². The van der Waals surface area contributed by atoms with Crippen LogP contribution in [-0.2, 0) is 17.8 Å². The summed E-state index contributed by atoms with van der Waals surface area (Å²) in [6.45, 7) is 4.81. The van der Waals surface area contributed by atoms with Crippen LogP contribution in [0.4, 0.5) is 0 Å². The quantitative estimate of drug-likeness (QED) is 0.632. The Labute approximate surface area is 159 Å². The van der Waals surface area contributed by atoms with E-state index in [4.69, 9.17) is 9.15 Å². The fourth-order valence-corrected chi connectivity index (χ4v) is 3.47. The lowest BCUT2D eigenvalue weighted by atomic mass is 10.0. The molecule has 1 fully saturated rings. The third-order valence-corrected chi connectivity index (χ3v) is 5.43. The van der Waals surface area contributed by atoms with Gasteiger partial charge in [0.05, 0.1) is 19.8 Å². The number of rotatable bonds is 6. The van der Waals surface area contributed by atoms with Gasteiger partial charge in [-0.2, -0.15) is 0 Å². The van der Waals surface area contributed by atoms with E-state index in [1.54, 1.807) is 13.4 Å². The minimum Gasteiger partial charge on any atom is -0.497 e. The van der Waals surface area contributed by atoms with Gasteiger partial charge in [-0.3, -0.25) is 4.79 Å². The first-order valence-electron chi connectivity index (χ1n) is 9.45. The first-order chi connectivity index (χ1) is 13.0.